The van der Waals surface area contributed by atoms with Crippen molar-refractivity contribution >= 4 is 39.9 Å². The highest BCUT2D eigenvalue weighted by Crippen LogP contribution is 2.35. The van der Waals surface area contributed by atoms with Crippen molar-refractivity contribution in [1.82, 2.24) is 0 Å². The summed E-state index contributed by atoms with van der Waals surface area (Å²) in [6, 6.07) is 0. The molecular formula is C11H13IO2S. The van der Waals surface area contributed by atoms with E-state index in [9.17, 15) is 4.79 Å². The van der Waals surface area contributed by atoms with Crippen LogP contribution < -0.4 is 0 Å². The summed E-state index contributed by atoms with van der Waals surface area (Å²) in [5, 5.41) is 0. The zero-order chi connectivity index (χ0) is 10.8. The van der Waals surface area contributed by atoms with Gasteiger partial charge >= 0.3 is 5.97 Å². The fraction of sp³-hybridized carbons (Fsp3) is 0.545. The summed E-state index contributed by atoms with van der Waals surface area (Å²) in [5.41, 5.74) is 2.66. The maximum Gasteiger partial charge on any atom is 0.348 e. The average Bonchev–Trinajstić information content (AvgIpc) is 2.58. The van der Waals surface area contributed by atoms with E-state index in [1.165, 1.54) is 26.9 Å². The lowest BCUT2D eigenvalue weighted by molar-refractivity contribution is 0.0530. The van der Waals surface area contributed by atoms with Crippen LogP contribution in [0, 0.1) is 2.88 Å². The Balaban J connectivity index is 2.35. The van der Waals surface area contributed by atoms with E-state index < -0.39 is 0 Å². The maximum absolute atomic E-state index is 11.7. The first-order chi connectivity index (χ1) is 7.24. The molecule has 82 valence electrons. The molecule has 4 heteroatoms. The predicted octanol–water partition coefficient (Wildman–Crippen LogP) is 3.41. The lowest BCUT2D eigenvalue weighted by Crippen LogP contribution is -2.08. The molecule has 1 aliphatic carbocycles. The third-order valence-corrected chi connectivity index (χ3v) is 4.99. The monoisotopic (exact) mass is 336 g/mol. The van der Waals surface area contributed by atoms with E-state index in [1.807, 2.05) is 6.92 Å². The molecule has 1 aromatic heterocycles. The van der Waals surface area contributed by atoms with Crippen LogP contribution in [0.1, 0.15) is 40.6 Å². The van der Waals surface area contributed by atoms with E-state index in [0.29, 0.717) is 6.61 Å². The van der Waals surface area contributed by atoms with Crippen LogP contribution in [-0.4, -0.2) is 12.6 Å². The first kappa shape index (κ1) is 11.4. The Morgan fingerprint density at radius 3 is 2.73 bits per heavy atom. The molecule has 0 unspecified atom stereocenters. The van der Waals surface area contributed by atoms with Gasteiger partial charge in [0.25, 0.3) is 0 Å². The number of esters is 1. The number of rotatable bonds is 2. The fourth-order valence-electron chi connectivity index (χ4n) is 1.95. The van der Waals surface area contributed by atoms with Crippen LogP contribution in [0.2, 0.25) is 0 Å². The van der Waals surface area contributed by atoms with E-state index >= 15 is 0 Å². The molecule has 1 heterocycles. The second kappa shape index (κ2) is 4.82. The summed E-state index contributed by atoms with van der Waals surface area (Å²) in [6.07, 6.45) is 4.63. The number of fused-ring (bicyclic) bond motifs is 1. The number of halogens is 1. The molecule has 1 aliphatic rings. The Hall–Kier alpha value is -0.100. The van der Waals surface area contributed by atoms with Gasteiger partial charge in [0.2, 0.25) is 0 Å². The van der Waals surface area contributed by atoms with Crippen LogP contribution in [-0.2, 0) is 17.6 Å². The van der Waals surface area contributed by atoms with Crippen molar-refractivity contribution < 1.29 is 9.53 Å². The number of ether oxygens (including phenoxy) is 1. The molecule has 0 spiro atoms. The highest BCUT2D eigenvalue weighted by atomic mass is 127. The van der Waals surface area contributed by atoms with Crippen molar-refractivity contribution in [2.75, 3.05) is 6.61 Å². The number of hydrogen-bond acceptors (Lipinski definition) is 3. The molecule has 0 radical (unpaired) electrons. The smallest absolute Gasteiger partial charge is 0.348 e. The molecule has 0 aliphatic heterocycles. The molecule has 2 nitrogen and oxygen atoms in total. The van der Waals surface area contributed by atoms with E-state index in [1.54, 1.807) is 11.3 Å². The molecule has 0 N–H and O–H groups in total. The van der Waals surface area contributed by atoms with Crippen molar-refractivity contribution in [2.45, 2.75) is 32.6 Å². The maximum atomic E-state index is 11.7. The highest BCUT2D eigenvalue weighted by Gasteiger charge is 2.24. The summed E-state index contributed by atoms with van der Waals surface area (Å²) < 4.78 is 6.34. The molecule has 0 aromatic carbocycles. The Bertz CT molecular complexity index is 384. The summed E-state index contributed by atoms with van der Waals surface area (Å²) in [6.45, 7) is 2.31. The minimum absolute atomic E-state index is 0.136. The largest absolute Gasteiger partial charge is 0.462 e. The van der Waals surface area contributed by atoms with Gasteiger partial charge in [-0.25, -0.2) is 4.79 Å². The van der Waals surface area contributed by atoms with Gasteiger partial charge in [0.15, 0.2) is 0 Å². The van der Waals surface area contributed by atoms with Gasteiger partial charge in [0.1, 0.15) is 4.88 Å². The minimum Gasteiger partial charge on any atom is -0.462 e. The molecular weight excluding hydrogens is 323 g/mol. The fourth-order valence-corrected chi connectivity index (χ4v) is 4.22. The van der Waals surface area contributed by atoms with E-state index in [4.69, 9.17) is 4.74 Å². The number of hydrogen-bond donors (Lipinski definition) is 0. The zero-order valence-electron chi connectivity index (χ0n) is 8.64. The normalized spacial score (nSPS) is 14.8. The van der Waals surface area contributed by atoms with Gasteiger partial charge in [0, 0.05) is 0 Å². The first-order valence-electron chi connectivity index (χ1n) is 5.21. The third-order valence-electron chi connectivity index (χ3n) is 2.63. The van der Waals surface area contributed by atoms with E-state index in [-0.39, 0.29) is 5.97 Å². The van der Waals surface area contributed by atoms with Crippen molar-refractivity contribution in [3.63, 3.8) is 0 Å². The lowest BCUT2D eigenvalue weighted by atomic mass is 9.94. The van der Waals surface area contributed by atoms with Crippen molar-refractivity contribution in [1.29, 1.82) is 0 Å². The molecule has 0 fully saturated rings. The number of carbonyl (C=O) groups excluding carboxylic acids is 1. The molecule has 15 heavy (non-hydrogen) atoms. The van der Waals surface area contributed by atoms with Gasteiger partial charge in [-0.3, -0.25) is 0 Å². The van der Waals surface area contributed by atoms with Gasteiger partial charge in [-0.1, -0.05) is 0 Å². The average molecular weight is 336 g/mol. The van der Waals surface area contributed by atoms with Crippen LogP contribution in [0.25, 0.3) is 0 Å². The molecule has 0 bridgehead atoms. The Morgan fingerprint density at radius 1 is 1.40 bits per heavy atom. The van der Waals surface area contributed by atoms with E-state index in [0.717, 1.165) is 17.7 Å². The molecule has 0 saturated heterocycles. The van der Waals surface area contributed by atoms with Crippen molar-refractivity contribution in [3.8, 4) is 0 Å². The molecule has 0 amide bonds. The van der Waals surface area contributed by atoms with Crippen LogP contribution in [0.3, 0.4) is 0 Å². The Kier molecular flexibility index (Phi) is 3.66. The summed E-state index contributed by atoms with van der Waals surface area (Å²) >= 11 is 3.93. The zero-order valence-corrected chi connectivity index (χ0v) is 11.6. The lowest BCUT2D eigenvalue weighted by Gasteiger charge is -2.12. The number of carbonyl (C=O) groups is 1. The second-order valence-electron chi connectivity index (χ2n) is 3.59. The minimum atomic E-state index is -0.136. The molecule has 0 saturated carbocycles. The van der Waals surface area contributed by atoms with Crippen molar-refractivity contribution in [2.24, 2.45) is 0 Å². The van der Waals surface area contributed by atoms with Gasteiger partial charge in [-0.2, -0.15) is 0 Å². The summed E-state index contributed by atoms with van der Waals surface area (Å²) in [5.74, 6) is -0.136. The highest BCUT2D eigenvalue weighted by molar-refractivity contribution is 14.1. The molecule has 1 aromatic rings. The van der Waals surface area contributed by atoms with Gasteiger partial charge in [-0.15, -0.1) is 11.3 Å². The predicted molar refractivity (Wildman–Crippen MR) is 69.6 cm³/mol. The van der Waals surface area contributed by atoms with Crippen molar-refractivity contribution in [3.05, 3.63) is 18.9 Å². The Labute approximate surface area is 107 Å². The quantitative estimate of drug-likeness (QED) is 0.611. The molecule has 2 rings (SSSR count). The standard InChI is InChI=1S/C11H13IO2S/c1-2-14-11(13)9-7-5-3-4-6-8(7)10(12)15-9/h2-6H2,1H3. The van der Waals surface area contributed by atoms with Gasteiger partial charge in [0.05, 0.1) is 9.49 Å². The van der Waals surface area contributed by atoms with Crippen LogP contribution in [0.5, 0.6) is 0 Å². The van der Waals surface area contributed by atoms with Crippen LogP contribution in [0.15, 0.2) is 0 Å². The molecule has 0 atom stereocenters. The topological polar surface area (TPSA) is 26.3 Å². The summed E-state index contributed by atoms with van der Waals surface area (Å²) in [4.78, 5) is 12.6. The van der Waals surface area contributed by atoms with Gasteiger partial charge in [-0.05, 0) is 66.3 Å². The van der Waals surface area contributed by atoms with Crippen LogP contribution in [0.4, 0.5) is 0 Å². The SMILES string of the molecule is CCOC(=O)c1sc(I)c2c1CCCC2. The first-order valence-corrected chi connectivity index (χ1v) is 7.10. The van der Waals surface area contributed by atoms with E-state index in [2.05, 4.69) is 22.6 Å². The summed E-state index contributed by atoms with van der Waals surface area (Å²) in [7, 11) is 0. The van der Waals surface area contributed by atoms with Gasteiger partial charge < -0.3 is 4.74 Å². The third kappa shape index (κ3) is 2.20. The Morgan fingerprint density at radius 2 is 2.07 bits per heavy atom. The second-order valence-corrected chi connectivity index (χ2v) is 6.42. The van der Waals surface area contributed by atoms with Crippen LogP contribution >= 0.6 is 33.9 Å². The number of thiophene rings is 1.